The van der Waals surface area contributed by atoms with Crippen LogP contribution in [-0.4, -0.2) is 29.1 Å². The molecule has 0 aromatic carbocycles. The lowest BCUT2D eigenvalue weighted by molar-refractivity contribution is -0.146. The van der Waals surface area contributed by atoms with E-state index >= 15 is 0 Å². The summed E-state index contributed by atoms with van der Waals surface area (Å²) >= 11 is 4.83. The number of aliphatic carboxylic acids is 1. The molecule has 1 aliphatic rings. The minimum atomic E-state index is -0.722. The molecule has 2 heterocycles. The summed E-state index contributed by atoms with van der Waals surface area (Å²) in [6, 6.07) is 0. The number of thiazole rings is 1. The third-order valence-electron chi connectivity index (χ3n) is 2.72. The van der Waals surface area contributed by atoms with E-state index in [1.807, 2.05) is 10.3 Å². The van der Waals surface area contributed by atoms with Gasteiger partial charge in [-0.25, -0.2) is 4.98 Å². The van der Waals surface area contributed by atoms with Crippen molar-refractivity contribution in [2.45, 2.75) is 13.3 Å². The van der Waals surface area contributed by atoms with Crippen molar-refractivity contribution in [2.75, 3.05) is 18.0 Å². The van der Waals surface area contributed by atoms with Crippen LogP contribution in [0.5, 0.6) is 0 Å². The predicted octanol–water partition coefficient (Wildman–Crippen LogP) is 2.21. The number of anilines is 1. The number of hydrogen-bond donors (Lipinski definition) is 1. The Kier molecular flexibility index (Phi) is 2.72. The van der Waals surface area contributed by atoms with Gasteiger partial charge in [0.05, 0.1) is 5.41 Å². The van der Waals surface area contributed by atoms with Crippen molar-refractivity contribution in [1.82, 2.24) is 4.98 Å². The molecule has 4 nitrogen and oxygen atoms in total. The van der Waals surface area contributed by atoms with Gasteiger partial charge < -0.3 is 10.0 Å². The van der Waals surface area contributed by atoms with Gasteiger partial charge in [0.15, 0.2) is 5.13 Å². The summed E-state index contributed by atoms with van der Waals surface area (Å²) in [6.07, 6.45) is 0.680. The number of rotatable bonds is 2. The molecule has 1 N–H and O–H groups in total. The molecule has 1 unspecified atom stereocenters. The van der Waals surface area contributed by atoms with Crippen molar-refractivity contribution in [1.29, 1.82) is 0 Å². The summed E-state index contributed by atoms with van der Waals surface area (Å²) in [4.78, 5) is 17.4. The van der Waals surface area contributed by atoms with Gasteiger partial charge in [-0.3, -0.25) is 4.79 Å². The highest BCUT2D eigenvalue weighted by molar-refractivity contribution is 9.10. The summed E-state index contributed by atoms with van der Waals surface area (Å²) in [6.45, 7) is 3.10. The molecule has 0 bridgehead atoms. The van der Waals surface area contributed by atoms with Crippen LogP contribution in [0.2, 0.25) is 0 Å². The van der Waals surface area contributed by atoms with Gasteiger partial charge in [0.2, 0.25) is 0 Å². The number of aromatic nitrogens is 1. The number of hydrogen-bond acceptors (Lipinski definition) is 4. The summed E-state index contributed by atoms with van der Waals surface area (Å²) in [5.41, 5.74) is -0.627. The highest BCUT2D eigenvalue weighted by atomic mass is 79.9. The Labute approximate surface area is 100 Å². The lowest BCUT2D eigenvalue weighted by atomic mass is 9.90. The number of carboxylic acids is 1. The van der Waals surface area contributed by atoms with Crippen LogP contribution in [0.1, 0.15) is 13.3 Å². The minimum Gasteiger partial charge on any atom is -0.481 e. The van der Waals surface area contributed by atoms with Crippen LogP contribution >= 0.6 is 27.3 Å². The highest BCUT2D eigenvalue weighted by Gasteiger charge is 2.41. The molecule has 6 heteroatoms. The second-order valence-corrected chi connectivity index (χ2v) is 5.64. The van der Waals surface area contributed by atoms with E-state index in [0.717, 1.165) is 16.3 Å². The lowest BCUT2D eigenvalue weighted by Gasteiger charge is -2.19. The summed E-state index contributed by atoms with van der Waals surface area (Å²) in [5, 5.41) is 11.9. The van der Waals surface area contributed by atoms with Gasteiger partial charge in [0.25, 0.3) is 0 Å². The van der Waals surface area contributed by atoms with Crippen LogP contribution in [0.4, 0.5) is 5.13 Å². The van der Waals surface area contributed by atoms with Crippen LogP contribution < -0.4 is 4.90 Å². The maximum absolute atomic E-state index is 11.1. The van der Waals surface area contributed by atoms with E-state index in [4.69, 9.17) is 5.11 Å². The standard InChI is InChI=1S/C9H11BrN2O2S/c1-9(7(13)14)2-3-12(5-9)8-11-6(10)4-15-8/h4H,2-3,5H2,1H3,(H,13,14). The Hall–Kier alpha value is -0.620. The zero-order valence-electron chi connectivity index (χ0n) is 8.23. The molecule has 0 aliphatic carbocycles. The van der Waals surface area contributed by atoms with E-state index < -0.39 is 11.4 Å². The first kappa shape index (κ1) is 10.9. The number of carbonyl (C=O) groups is 1. The average Bonchev–Trinajstić information content (AvgIpc) is 2.73. The van der Waals surface area contributed by atoms with Crippen LogP contribution in [0.25, 0.3) is 0 Å². The van der Waals surface area contributed by atoms with E-state index in [1.165, 1.54) is 11.3 Å². The molecule has 82 valence electrons. The first-order valence-electron chi connectivity index (χ1n) is 4.61. The minimum absolute atomic E-state index is 0.544. The Bertz CT molecular complexity index is 395. The maximum atomic E-state index is 11.1. The molecule has 0 spiro atoms. The molecule has 1 aliphatic heterocycles. The first-order chi connectivity index (χ1) is 7.01. The molecule has 0 amide bonds. The van der Waals surface area contributed by atoms with Gasteiger partial charge in [-0.2, -0.15) is 0 Å². The van der Waals surface area contributed by atoms with Crippen molar-refractivity contribution in [3.05, 3.63) is 9.98 Å². The van der Waals surface area contributed by atoms with E-state index in [0.29, 0.717) is 13.0 Å². The third-order valence-corrected chi connectivity index (χ3v) is 4.33. The molecule has 1 saturated heterocycles. The fourth-order valence-electron chi connectivity index (χ4n) is 1.69. The summed E-state index contributed by atoms with van der Waals surface area (Å²) in [5.74, 6) is -0.722. The van der Waals surface area contributed by atoms with Gasteiger partial charge >= 0.3 is 5.97 Å². The average molecular weight is 291 g/mol. The zero-order valence-corrected chi connectivity index (χ0v) is 10.6. The summed E-state index contributed by atoms with van der Waals surface area (Å²) < 4.78 is 0.812. The van der Waals surface area contributed by atoms with E-state index in [-0.39, 0.29) is 0 Å². The van der Waals surface area contributed by atoms with Crippen molar-refractivity contribution in [3.8, 4) is 0 Å². The second-order valence-electron chi connectivity index (χ2n) is 3.99. The molecule has 15 heavy (non-hydrogen) atoms. The van der Waals surface area contributed by atoms with Gasteiger partial charge in [-0.15, -0.1) is 11.3 Å². The molecule has 0 saturated carbocycles. The van der Waals surface area contributed by atoms with Crippen molar-refractivity contribution in [3.63, 3.8) is 0 Å². The Morgan fingerprint density at radius 1 is 1.80 bits per heavy atom. The van der Waals surface area contributed by atoms with Gasteiger partial charge in [-0.05, 0) is 29.3 Å². The zero-order chi connectivity index (χ0) is 11.1. The molecule has 1 fully saturated rings. The molecule has 1 atom stereocenters. The summed E-state index contributed by atoms with van der Waals surface area (Å²) in [7, 11) is 0. The second kappa shape index (κ2) is 3.75. The molecular weight excluding hydrogens is 280 g/mol. The number of carboxylic acid groups (broad SMARTS) is 1. The molecule has 1 aromatic rings. The molecule has 1 aromatic heterocycles. The topological polar surface area (TPSA) is 53.4 Å². The normalized spacial score (nSPS) is 25.9. The van der Waals surface area contributed by atoms with Crippen molar-refractivity contribution in [2.24, 2.45) is 5.41 Å². The SMILES string of the molecule is CC1(C(=O)O)CCN(c2nc(Br)cs2)C1. The maximum Gasteiger partial charge on any atom is 0.311 e. The van der Waals surface area contributed by atoms with E-state index in [2.05, 4.69) is 20.9 Å². The van der Waals surface area contributed by atoms with Gasteiger partial charge in [0, 0.05) is 18.5 Å². The quantitative estimate of drug-likeness (QED) is 0.907. The highest BCUT2D eigenvalue weighted by Crippen LogP contribution is 2.35. The van der Waals surface area contributed by atoms with Crippen LogP contribution in [0.3, 0.4) is 0 Å². The number of nitrogens with zero attached hydrogens (tertiary/aromatic N) is 2. The van der Waals surface area contributed by atoms with Crippen molar-refractivity contribution >= 4 is 38.4 Å². The largest absolute Gasteiger partial charge is 0.481 e. The first-order valence-corrected chi connectivity index (χ1v) is 6.28. The number of halogens is 1. The third kappa shape index (κ3) is 2.01. The van der Waals surface area contributed by atoms with Crippen LogP contribution in [-0.2, 0) is 4.79 Å². The Balaban J connectivity index is 2.14. The molecular formula is C9H11BrN2O2S. The van der Waals surface area contributed by atoms with Gasteiger partial charge in [0.1, 0.15) is 4.60 Å². The van der Waals surface area contributed by atoms with Crippen LogP contribution in [0, 0.1) is 5.41 Å². The Morgan fingerprint density at radius 2 is 2.53 bits per heavy atom. The fraction of sp³-hybridized carbons (Fsp3) is 0.556. The monoisotopic (exact) mass is 290 g/mol. The van der Waals surface area contributed by atoms with Gasteiger partial charge in [-0.1, -0.05) is 0 Å². The van der Waals surface area contributed by atoms with Crippen LogP contribution in [0.15, 0.2) is 9.98 Å². The lowest BCUT2D eigenvalue weighted by Crippen LogP contribution is -2.31. The smallest absolute Gasteiger partial charge is 0.311 e. The van der Waals surface area contributed by atoms with Crippen molar-refractivity contribution < 1.29 is 9.90 Å². The molecule has 2 rings (SSSR count). The fourth-order valence-corrected chi connectivity index (χ4v) is 2.97. The van der Waals surface area contributed by atoms with E-state index in [1.54, 1.807) is 6.92 Å². The predicted molar refractivity (Wildman–Crippen MR) is 62.4 cm³/mol. The Morgan fingerprint density at radius 3 is 3.00 bits per heavy atom. The van der Waals surface area contributed by atoms with E-state index in [9.17, 15) is 4.79 Å². The molecule has 0 radical (unpaired) electrons.